The molecule has 0 bridgehead atoms. The number of unbranched alkanes of at least 4 members (excludes halogenated alkanes) is 6. The second kappa shape index (κ2) is 10.7. The van der Waals surface area contributed by atoms with E-state index < -0.39 is 14.9 Å². The number of non-ortho nitro benzene ring substituents is 1. The van der Waals surface area contributed by atoms with Crippen molar-refractivity contribution in [2.45, 2.75) is 51.9 Å². The van der Waals surface area contributed by atoms with Gasteiger partial charge in [0.05, 0.1) is 16.9 Å². The summed E-state index contributed by atoms with van der Waals surface area (Å²) < 4.78 is 23.6. The highest BCUT2D eigenvalue weighted by molar-refractivity contribution is 7.89. The first-order chi connectivity index (χ1) is 11.4. The van der Waals surface area contributed by atoms with Gasteiger partial charge in [0.25, 0.3) is 5.69 Å². The lowest BCUT2D eigenvalue weighted by molar-refractivity contribution is -0.384. The van der Waals surface area contributed by atoms with Crippen molar-refractivity contribution in [3.8, 4) is 0 Å². The molecule has 0 amide bonds. The van der Waals surface area contributed by atoms with Crippen LogP contribution in [0.2, 0.25) is 0 Å². The number of nitro groups is 1. The average Bonchev–Trinajstić information content (AvgIpc) is 2.54. The van der Waals surface area contributed by atoms with Crippen LogP contribution < -0.4 is 4.83 Å². The zero-order chi connectivity index (χ0) is 17.8. The summed E-state index contributed by atoms with van der Waals surface area (Å²) >= 11 is 0. The van der Waals surface area contributed by atoms with Gasteiger partial charge in [-0.1, -0.05) is 45.4 Å². The third-order valence-electron chi connectivity index (χ3n) is 3.53. The predicted molar refractivity (Wildman–Crippen MR) is 95.6 cm³/mol. The smallest absolute Gasteiger partial charge is 0.258 e. The highest BCUT2D eigenvalue weighted by atomic mass is 32.2. The lowest BCUT2D eigenvalue weighted by atomic mass is 10.1. The maximum atomic E-state index is 11.8. The Morgan fingerprint density at radius 3 is 2.25 bits per heavy atom. The van der Waals surface area contributed by atoms with Gasteiger partial charge in [0, 0.05) is 12.1 Å². The van der Waals surface area contributed by atoms with Gasteiger partial charge in [0.2, 0.25) is 10.0 Å². The van der Waals surface area contributed by atoms with Crippen LogP contribution in [0.4, 0.5) is 5.69 Å². The van der Waals surface area contributed by atoms with Crippen molar-refractivity contribution in [2.24, 2.45) is 5.10 Å². The molecule has 0 aliphatic carbocycles. The largest absolute Gasteiger partial charge is 0.269 e. The first-order valence-corrected chi connectivity index (χ1v) is 9.87. The summed E-state index contributed by atoms with van der Waals surface area (Å²) in [6, 6.07) is 5.70. The van der Waals surface area contributed by atoms with Crippen molar-refractivity contribution >= 4 is 21.9 Å². The summed E-state index contributed by atoms with van der Waals surface area (Å²) in [7, 11) is -3.43. The number of nitro benzene ring substituents is 1. The molecule has 24 heavy (non-hydrogen) atoms. The molecule has 0 saturated carbocycles. The molecule has 8 heteroatoms. The molecule has 134 valence electrons. The van der Waals surface area contributed by atoms with Crippen molar-refractivity contribution in [3.05, 3.63) is 39.9 Å². The molecule has 0 aromatic heterocycles. The lowest BCUT2D eigenvalue weighted by Gasteiger charge is -2.03. The molecule has 0 heterocycles. The molecule has 1 N–H and O–H groups in total. The molecule has 1 aromatic rings. The lowest BCUT2D eigenvalue weighted by Crippen LogP contribution is -2.21. The van der Waals surface area contributed by atoms with Gasteiger partial charge >= 0.3 is 0 Å². The Morgan fingerprint density at radius 2 is 1.67 bits per heavy atom. The second-order valence-corrected chi connectivity index (χ2v) is 7.46. The summed E-state index contributed by atoms with van der Waals surface area (Å²) in [5.41, 5.74) is 0.561. The van der Waals surface area contributed by atoms with E-state index in [1.165, 1.54) is 49.7 Å². The number of hydrogen-bond donors (Lipinski definition) is 1. The van der Waals surface area contributed by atoms with E-state index in [1.807, 2.05) is 0 Å². The van der Waals surface area contributed by atoms with Gasteiger partial charge in [-0.25, -0.2) is 13.2 Å². The van der Waals surface area contributed by atoms with Crippen molar-refractivity contribution in [2.75, 3.05) is 5.75 Å². The molecule has 0 radical (unpaired) electrons. The van der Waals surface area contributed by atoms with E-state index in [0.29, 0.717) is 12.0 Å². The molecule has 0 saturated heterocycles. The van der Waals surface area contributed by atoms with Crippen molar-refractivity contribution < 1.29 is 13.3 Å². The van der Waals surface area contributed by atoms with Gasteiger partial charge in [-0.05, 0) is 24.1 Å². The molecule has 1 aromatic carbocycles. The van der Waals surface area contributed by atoms with E-state index in [9.17, 15) is 18.5 Å². The van der Waals surface area contributed by atoms with Crippen molar-refractivity contribution in [3.63, 3.8) is 0 Å². The SMILES string of the molecule is CCCCCCCCCS(=O)(=O)NN=Cc1ccc([N+](=O)[O-])cc1. The van der Waals surface area contributed by atoms with E-state index in [-0.39, 0.29) is 11.4 Å². The van der Waals surface area contributed by atoms with Gasteiger partial charge in [-0.3, -0.25) is 10.1 Å². The van der Waals surface area contributed by atoms with Gasteiger partial charge in [-0.2, -0.15) is 5.10 Å². The summed E-state index contributed by atoms with van der Waals surface area (Å²) in [5, 5.41) is 14.2. The van der Waals surface area contributed by atoms with Crippen LogP contribution in [-0.4, -0.2) is 25.3 Å². The summed E-state index contributed by atoms with van der Waals surface area (Å²) in [5.74, 6) is 0.0539. The minimum absolute atomic E-state index is 0.0216. The van der Waals surface area contributed by atoms with Crippen LogP contribution in [0.1, 0.15) is 57.4 Å². The molecule has 0 spiro atoms. The van der Waals surface area contributed by atoms with Gasteiger partial charge in [0.1, 0.15) is 0 Å². The van der Waals surface area contributed by atoms with Crippen molar-refractivity contribution in [1.29, 1.82) is 0 Å². The number of rotatable bonds is 12. The summed E-state index contributed by atoms with van der Waals surface area (Å²) in [4.78, 5) is 12.2. The second-order valence-electron chi connectivity index (χ2n) is 5.64. The first-order valence-electron chi connectivity index (χ1n) is 8.21. The minimum atomic E-state index is -3.43. The zero-order valence-electron chi connectivity index (χ0n) is 14.0. The number of hydrogen-bond acceptors (Lipinski definition) is 5. The van der Waals surface area contributed by atoms with E-state index in [0.717, 1.165) is 19.3 Å². The monoisotopic (exact) mass is 355 g/mol. The fraction of sp³-hybridized carbons (Fsp3) is 0.562. The molecule has 0 aliphatic rings. The van der Waals surface area contributed by atoms with E-state index >= 15 is 0 Å². The Labute approximate surface area is 143 Å². The fourth-order valence-electron chi connectivity index (χ4n) is 2.16. The highest BCUT2D eigenvalue weighted by Gasteiger charge is 2.08. The molecule has 0 fully saturated rings. The predicted octanol–water partition coefficient (Wildman–Crippen LogP) is 3.60. The van der Waals surface area contributed by atoms with Gasteiger partial charge < -0.3 is 0 Å². The maximum Gasteiger partial charge on any atom is 0.269 e. The Morgan fingerprint density at radius 1 is 1.08 bits per heavy atom. The maximum absolute atomic E-state index is 11.8. The van der Waals surface area contributed by atoms with Crippen LogP contribution >= 0.6 is 0 Å². The van der Waals surface area contributed by atoms with Crippen molar-refractivity contribution in [1.82, 2.24) is 4.83 Å². The van der Waals surface area contributed by atoms with E-state index in [2.05, 4.69) is 16.9 Å². The normalized spacial score (nSPS) is 11.7. The molecule has 0 atom stereocenters. The Hall–Kier alpha value is -1.96. The number of sulfonamides is 1. The number of nitrogens with one attached hydrogen (secondary N) is 1. The van der Waals surface area contributed by atoms with Gasteiger partial charge in [-0.15, -0.1) is 0 Å². The summed E-state index contributed by atoms with van der Waals surface area (Å²) in [6.07, 6.45) is 8.70. The quantitative estimate of drug-likeness (QED) is 0.268. The molecule has 7 nitrogen and oxygen atoms in total. The molecule has 0 unspecified atom stereocenters. The third kappa shape index (κ3) is 8.61. The third-order valence-corrected chi connectivity index (χ3v) is 4.74. The Balaban J connectivity index is 2.30. The van der Waals surface area contributed by atoms with Gasteiger partial charge in [0.15, 0.2) is 0 Å². The molecular formula is C16H25N3O4S. The molecular weight excluding hydrogens is 330 g/mol. The van der Waals surface area contributed by atoms with E-state index in [1.54, 1.807) is 0 Å². The van der Waals surface area contributed by atoms with Crippen LogP contribution in [0.25, 0.3) is 0 Å². The van der Waals surface area contributed by atoms with E-state index in [4.69, 9.17) is 0 Å². The fourth-order valence-corrected chi connectivity index (χ4v) is 3.05. The highest BCUT2D eigenvalue weighted by Crippen LogP contribution is 2.10. The molecule has 0 aliphatic heterocycles. The number of benzene rings is 1. The van der Waals surface area contributed by atoms with Crippen LogP contribution in [-0.2, 0) is 10.0 Å². The minimum Gasteiger partial charge on any atom is -0.258 e. The Bertz CT molecular complexity index is 627. The first kappa shape index (κ1) is 20.1. The standard InChI is InChI=1S/C16H25N3O4S/c1-2-3-4-5-6-7-8-13-24(22,23)18-17-14-15-9-11-16(12-10-15)19(20)21/h9-12,14,18H,2-8,13H2,1H3. The van der Waals surface area contributed by atoms with Crippen LogP contribution in [0.15, 0.2) is 29.4 Å². The average molecular weight is 355 g/mol. The zero-order valence-corrected chi connectivity index (χ0v) is 14.8. The number of nitrogens with zero attached hydrogens (tertiary/aromatic N) is 2. The van der Waals surface area contributed by atoms with Crippen LogP contribution in [0, 0.1) is 10.1 Å². The Kier molecular flexibility index (Phi) is 8.99. The molecule has 1 rings (SSSR count). The van der Waals surface area contributed by atoms with Crippen LogP contribution in [0.3, 0.4) is 0 Å². The summed E-state index contributed by atoms with van der Waals surface area (Å²) in [6.45, 7) is 2.16. The topological polar surface area (TPSA) is 102 Å². The number of hydrazone groups is 1. The van der Waals surface area contributed by atoms with Crippen LogP contribution in [0.5, 0.6) is 0 Å².